The van der Waals surface area contributed by atoms with Gasteiger partial charge in [0.25, 0.3) is 0 Å². The van der Waals surface area contributed by atoms with Crippen molar-refractivity contribution in [2.45, 2.75) is 0 Å². The van der Waals surface area contributed by atoms with Crippen LogP contribution in [0.2, 0.25) is 0 Å². The maximum Gasteiger partial charge on any atom is 0.308 e. The number of nitrogens with zero attached hydrogens (tertiary/aromatic N) is 2. The molecule has 1 amide bonds. The predicted molar refractivity (Wildman–Crippen MR) is 83.7 cm³/mol. The first-order valence-corrected chi connectivity index (χ1v) is 7.05. The lowest BCUT2D eigenvalue weighted by Gasteiger charge is -2.07. The van der Waals surface area contributed by atoms with Crippen molar-refractivity contribution in [1.82, 2.24) is 15.6 Å². The molecule has 0 bridgehead atoms. The monoisotopic (exact) mass is 346 g/mol. The number of benzene rings is 1. The van der Waals surface area contributed by atoms with E-state index in [-0.39, 0.29) is 23.1 Å². The summed E-state index contributed by atoms with van der Waals surface area (Å²) in [5.41, 5.74) is 6.01. The molecule has 9 heteroatoms. The Morgan fingerprint density at radius 1 is 1.20 bits per heavy atom. The van der Waals surface area contributed by atoms with Gasteiger partial charge < -0.3 is 9.26 Å². The third-order valence-corrected chi connectivity index (χ3v) is 3.20. The largest absolute Gasteiger partial charge is 0.479 e. The lowest BCUT2D eigenvalue weighted by Crippen LogP contribution is -2.29. The molecule has 0 radical (unpaired) electrons. The van der Waals surface area contributed by atoms with Crippen molar-refractivity contribution in [3.8, 4) is 17.1 Å². The summed E-state index contributed by atoms with van der Waals surface area (Å²) in [4.78, 5) is 15.7. The molecule has 3 rings (SSSR count). The van der Waals surface area contributed by atoms with E-state index in [1.54, 1.807) is 0 Å². The molecule has 3 aromatic rings. The number of methoxy groups -OCH3 is 1. The van der Waals surface area contributed by atoms with Gasteiger partial charge in [-0.25, -0.2) is 13.8 Å². The van der Waals surface area contributed by atoms with Crippen LogP contribution in [0.4, 0.5) is 14.5 Å². The van der Waals surface area contributed by atoms with Crippen molar-refractivity contribution >= 4 is 11.6 Å². The van der Waals surface area contributed by atoms with Crippen molar-refractivity contribution in [1.29, 1.82) is 0 Å². The fourth-order valence-corrected chi connectivity index (χ4v) is 1.97. The Labute approximate surface area is 140 Å². The molecule has 0 saturated heterocycles. The lowest BCUT2D eigenvalue weighted by molar-refractivity contribution is 0.0926. The minimum Gasteiger partial charge on any atom is -0.479 e. The SMILES string of the molecule is COc1ncc(NNC(=O)c2cc(-c3ccc(F)cc3)no2)cc1F. The van der Waals surface area contributed by atoms with Crippen LogP contribution in [-0.4, -0.2) is 23.2 Å². The molecule has 0 spiro atoms. The highest BCUT2D eigenvalue weighted by Gasteiger charge is 2.14. The van der Waals surface area contributed by atoms with Gasteiger partial charge in [0.15, 0.2) is 5.82 Å². The highest BCUT2D eigenvalue weighted by molar-refractivity contribution is 5.93. The van der Waals surface area contributed by atoms with Gasteiger partial charge in [-0.05, 0) is 24.3 Å². The summed E-state index contributed by atoms with van der Waals surface area (Å²) >= 11 is 0. The third-order valence-electron chi connectivity index (χ3n) is 3.20. The number of ether oxygens (including phenoxy) is 1. The van der Waals surface area contributed by atoms with E-state index in [0.29, 0.717) is 11.3 Å². The van der Waals surface area contributed by atoms with Gasteiger partial charge in [-0.3, -0.25) is 15.6 Å². The number of amides is 1. The number of hydrazine groups is 1. The van der Waals surface area contributed by atoms with E-state index in [1.807, 2.05) is 0 Å². The number of hydrogen-bond acceptors (Lipinski definition) is 6. The molecular formula is C16H12F2N4O3. The highest BCUT2D eigenvalue weighted by Crippen LogP contribution is 2.20. The van der Waals surface area contributed by atoms with Crippen molar-refractivity contribution in [3.05, 3.63) is 60.0 Å². The van der Waals surface area contributed by atoms with E-state index in [0.717, 1.165) is 6.07 Å². The second-order valence-electron chi connectivity index (χ2n) is 4.88. The molecule has 2 heterocycles. The standard InChI is InChI=1S/C16H12F2N4O3/c1-24-16-12(18)6-11(8-19-16)20-21-15(23)14-7-13(22-25-14)9-2-4-10(17)5-3-9/h2-8,20H,1H3,(H,21,23). The average Bonchev–Trinajstić information content (AvgIpc) is 3.10. The Bertz CT molecular complexity index is 897. The number of anilines is 1. The van der Waals surface area contributed by atoms with E-state index in [9.17, 15) is 13.6 Å². The summed E-state index contributed by atoms with van der Waals surface area (Å²) in [5, 5.41) is 3.75. The van der Waals surface area contributed by atoms with Gasteiger partial charge in [0.1, 0.15) is 11.5 Å². The Hall–Kier alpha value is -3.49. The summed E-state index contributed by atoms with van der Waals surface area (Å²) < 4.78 is 36.1. The Kier molecular flexibility index (Phi) is 4.55. The molecule has 0 atom stereocenters. The molecule has 1 aromatic carbocycles. The molecular weight excluding hydrogens is 334 g/mol. The van der Waals surface area contributed by atoms with Gasteiger partial charge in [-0.15, -0.1) is 0 Å². The van der Waals surface area contributed by atoms with Gasteiger partial charge in [0, 0.05) is 17.7 Å². The average molecular weight is 346 g/mol. The molecule has 0 aliphatic rings. The van der Waals surface area contributed by atoms with Crippen LogP contribution in [0, 0.1) is 11.6 Å². The first kappa shape index (κ1) is 16.4. The second-order valence-corrected chi connectivity index (χ2v) is 4.88. The minimum absolute atomic E-state index is 0.0752. The zero-order valence-electron chi connectivity index (χ0n) is 12.9. The van der Waals surface area contributed by atoms with Crippen LogP contribution in [0.25, 0.3) is 11.3 Å². The number of rotatable bonds is 5. The molecule has 25 heavy (non-hydrogen) atoms. The molecule has 2 aromatic heterocycles. The molecule has 7 nitrogen and oxygen atoms in total. The normalized spacial score (nSPS) is 10.4. The van der Waals surface area contributed by atoms with Gasteiger partial charge in [0.05, 0.1) is 19.0 Å². The summed E-state index contributed by atoms with van der Waals surface area (Å²) in [6, 6.07) is 8.08. The molecule has 0 fully saturated rings. The van der Waals surface area contributed by atoms with Crippen LogP contribution in [0.15, 0.2) is 47.1 Å². The number of nitrogens with one attached hydrogen (secondary N) is 2. The number of carbonyl (C=O) groups excluding carboxylic acids is 1. The minimum atomic E-state index is -0.681. The van der Waals surface area contributed by atoms with E-state index in [2.05, 4.69) is 21.0 Å². The van der Waals surface area contributed by atoms with Crippen LogP contribution in [0.1, 0.15) is 10.6 Å². The summed E-state index contributed by atoms with van der Waals surface area (Å²) in [7, 11) is 1.29. The zero-order chi connectivity index (χ0) is 17.8. The van der Waals surface area contributed by atoms with Gasteiger partial charge in [-0.1, -0.05) is 5.16 Å². The molecule has 0 unspecified atom stereocenters. The summed E-state index contributed by atoms with van der Waals surface area (Å²) in [6.45, 7) is 0. The van der Waals surface area contributed by atoms with E-state index in [1.165, 1.54) is 43.6 Å². The maximum atomic E-state index is 13.5. The quantitative estimate of drug-likeness (QED) is 0.691. The van der Waals surface area contributed by atoms with Gasteiger partial charge >= 0.3 is 5.91 Å². The van der Waals surface area contributed by atoms with Crippen LogP contribution in [-0.2, 0) is 0 Å². The second kappa shape index (κ2) is 6.95. The van der Waals surface area contributed by atoms with Gasteiger partial charge in [-0.2, -0.15) is 0 Å². The topological polar surface area (TPSA) is 89.3 Å². The molecule has 0 saturated carbocycles. The number of aromatic nitrogens is 2. The number of pyridine rings is 1. The molecule has 2 N–H and O–H groups in total. The third kappa shape index (κ3) is 3.71. The van der Waals surface area contributed by atoms with Crippen LogP contribution in [0.5, 0.6) is 5.88 Å². The molecule has 0 aliphatic heterocycles. The molecule has 128 valence electrons. The Morgan fingerprint density at radius 2 is 1.96 bits per heavy atom. The van der Waals surface area contributed by atoms with E-state index >= 15 is 0 Å². The predicted octanol–water partition coefficient (Wildman–Crippen LogP) is 2.78. The Morgan fingerprint density at radius 3 is 2.64 bits per heavy atom. The van der Waals surface area contributed by atoms with Crippen LogP contribution >= 0.6 is 0 Å². The fraction of sp³-hybridized carbons (Fsp3) is 0.0625. The smallest absolute Gasteiger partial charge is 0.308 e. The first-order chi connectivity index (χ1) is 12.1. The van der Waals surface area contributed by atoms with Crippen molar-refractivity contribution in [2.75, 3.05) is 12.5 Å². The van der Waals surface area contributed by atoms with Crippen molar-refractivity contribution < 1.29 is 22.8 Å². The van der Waals surface area contributed by atoms with Crippen molar-refractivity contribution in [2.24, 2.45) is 0 Å². The van der Waals surface area contributed by atoms with Crippen LogP contribution < -0.4 is 15.6 Å². The zero-order valence-corrected chi connectivity index (χ0v) is 12.9. The lowest BCUT2D eigenvalue weighted by atomic mass is 10.1. The van der Waals surface area contributed by atoms with Gasteiger partial charge in [0.2, 0.25) is 11.6 Å². The van der Waals surface area contributed by atoms with Crippen LogP contribution in [0.3, 0.4) is 0 Å². The van der Waals surface area contributed by atoms with E-state index in [4.69, 9.17) is 9.26 Å². The number of halogens is 2. The summed E-state index contributed by atoms with van der Waals surface area (Å²) in [6.07, 6.45) is 1.28. The highest BCUT2D eigenvalue weighted by atomic mass is 19.1. The maximum absolute atomic E-state index is 13.5. The number of hydrogen-bond donors (Lipinski definition) is 2. The fourth-order valence-electron chi connectivity index (χ4n) is 1.97. The summed E-state index contributed by atoms with van der Waals surface area (Å²) in [5.74, 6) is -1.92. The molecule has 0 aliphatic carbocycles. The van der Waals surface area contributed by atoms with E-state index < -0.39 is 11.7 Å². The number of carbonyl (C=O) groups is 1. The Balaban J connectivity index is 1.66. The van der Waals surface area contributed by atoms with Crippen molar-refractivity contribution in [3.63, 3.8) is 0 Å². The first-order valence-electron chi connectivity index (χ1n) is 7.05.